The van der Waals surface area contributed by atoms with Gasteiger partial charge in [0.2, 0.25) is 0 Å². The lowest BCUT2D eigenvalue weighted by Crippen LogP contribution is -2.25. The van der Waals surface area contributed by atoms with Crippen molar-refractivity contribution in [3.8, 4) is 0 Å². The van der Waals surface area contributed by atoms with E-state index in [1.165, 1.54) is 14.9 Å². The molecule has 1 atom stereocenters. The minimum Gasteiger partial charge on any atom is -0.309 e. The lowest BCUT2D eigenvalue weighted by molar-refractivity contribution is 0.317. The van der Waals surface area contributed by atoms with Crippen LogP contribution < -0.4 is 5.32 Å². The standard InChI is InChI=1S/C17H23BrN2S/c1-14(17-16(18)9-12-21-17)19-10-6-11-20(2)13-15-7-4-3-5-8-15/h3-5,7-9,12,14,19H,6,10-11,13H2,1-2H3. The molecule has 21 heavy (non-hydrogen) atoms. The van der Waals surface area contributed by atoms with Gasteiger partial charge in [-0.25, -0.2) is 0 Å². The van der Waals surface area contributed by atoms with E-state index in [9.17, 15) is 0 Å². The number of benzene rings is 1. The van der Waals surface area contributed by atoms with E-state index in [2.05, 4.69) is 81.9 Å². The topological polar surface area (TPSA) is 15.3 Å². The summed E-state index contributed by atoms with van der Waals surface area (Å²) in [5.41, 5.74) is 1.38. The van der Waals surface area contributed by atoms with Gasteiger partial charge in [0.25, 0.3) is 0 Å². The second kappa shape index (κ2) is 8.69. The molecule has 0 saturated carbocycles. The Hall–Kier alpha value is -0.680. The summed E-state index contributed by atoms with van der Waals surface area (Å²) in [6.07, 6.45) is 1.16. The Labute approximate surface area is 140 Å². The summed E-state index contributed by atoms with van der Waals surface area (Å²) in [7, 11) is 2.19. The summed E-state index contributed by atoms with van der Waals surface area (Å²) in [6, 6.07) is 13.2. The molecule has 4 heteroatoms. The zero-order valence-corrected chi connectivity index (χ0v) is 15.1. The number of hydrogen-bond donors (Lipinski definition) is 1. The molecule has 0 radical (unpaired) electrons. The highest BCUT2D eigenvalue weighted by molar-refractivity contribution is 9.10. The van der Waals surface area contributed by atoms with Crippen LogP contribution in [0, 0.1) is 0 Å². The van der Waals surface area contributed by atoms with Gasteiger partial charge in [0.05, 0.1) is 0 Å². The fourth-order valence-electron chi connectivity index (χ4n) is 2.35. The van der Waals surface area contributed by atoms with Crippen LogP contribution in [0.25, 0.3) is 0 Å². The lowest BCUT2D eigenvalue weighted by atomic mass is 10.2. The number of halogens is 1. The summed E-state index contributed by atoms with van der Waals surface area (Å²) < 4.78 is 1.22. The first-order chi connectivity index (χ1) is 10.2. The second-order valence-corrected chi connectivity index (χ2v) is 7.19. The van der Waals surface area contributed by atoms with Gasteiger partial charge in [-0.1, -0.05) is 30.3 Å². The average molecular weight is 367 g/mol. The van der Waals surface area contributed by atoms with Crippen LogP contribution in [0.15, 0.2) is 46.3 Å². The van der Waals surface area contributed by atoms with Crippen molar-refractivity contribution in [2.45, 2.75) is 25.9 Å². The van der Waals surface area contributed by atoms with E-state index >= 15 is 0 Å². The van der Waals surface area contributed by atoms with Gasteiger partial charge in [0.1, 0.15) is 0 Å². The fraction of sp³-hybridized carbons (Fsp3) is 0.412. The predicted octanol–water partition coefficient (Wildman–Crippen LogP) is 4.68. The molecule has 0 aliphatic carbocycles. The monoisotopic (exact) mass is 366 g/mol. The van der Waals surface area contributed by atoms with Crippen molar-refractivity contribution in [1.29, 1.82) is 0 Å². The van der Waals surface area contributed by atoms with Crippen LogP contribution in [0.2, 0.25) is 0 Å². The molecule has 0 aliphatic rings. The first-order valence-corrected chi connectivity index (χ1v) is 9.03. The van der Waals surface area contributed by atoms with Crippen LogP contribution in [0.4, 0.5) is 0 Å². The summed E-state index contributed by atoms with van der Waals surface area (Å²) in [6.45, 7) is 5.40. The smallest absolute Gasteiger partial charge is 0.0397 e. The maximum atomic E-state index is 3.60. The summed E-state index contributed by atoms with van der Waals surface area (Å²) in [4.78, 5) is 3.76. The Morgan fingerprint density at radius 3 is 2.67 bits per heavy atom. The van der Waals surface area contributed by atoms with Crippen LogP contribution in [0.5, 0.6) is 0 Å². The zero-order chi connectivity index (χ0) is 15.1. The minimum atomic E-state index is 0.416. The molecule has 2 rings (SSSR count). The van der Waals surface area contributed by atoms with Crippen molar-refractivity contribution in [2.75, 3.05) is 20.1 Å². The molecule has 0 bridgehead atoms. The van der Waals surface area contributed by atoms with Gasteiger partial charge >= 0.3 is 0 Å². The number of thiophene rings is 1. The molecule has 1 aromatic carbocycles. The van der Waals surface area contributed by atoms with Crippen molar-refractivity contribution >= 4 is 27.3 Å². The van der Waals surface area contributed by atoms with E-state index in [1.807, 2.05) is 0 Å². The first-order valence-electron chi connectivity index (χ1n) is 7.35. The highest BCUT2D eigenvalue weighted by atomic mass is 79.9. The van der Waals surface area contributed by atoms with Crippen molar-refractivity contribution < 1.29 is 0 Å². The molecule has 0 saturated heterocycles. The van der Waals surface area contributed by atoms with Gasteiger partial charge in [-0.15, -0.1) is 11.3 Å². The molecule has 1 aromatic heterocycles. The summed E-state index contributed by atoms with van der Waals surface area (Å²) in [5, 5.41) is 5.73. The first kappa shape index (κ1) is 16.7. The number of hydrogen-bond acceptors (Lipinski definition) is 3. The number of rotatable bonds is 8. The minimum absolute atomic E-state index is 0.416. The van der Waals surface area contributed by atoms with Gasteiger partial charge < -0.3 is 10.2 Å². The van der Waals surface area contributed by atoms with Crippen LogP contribution in [-0.2, 0) is 6.54 Å². The molecular weight excluding hydrogens is 344 g/mol. The van der Waals surface area contributed by atoms with Gasteiger partial charge in [0, 0.05) is 21.9 Å². The third kappa shape index (κ3) is 5.55. The average Bonchev–Trinajstić information content (AvgIpc) is 2.91. The molecule has 0 amide bonds. The maximum absolute atomic E-state index is 3.60. The highest BCUT2D eigenvalue weighted by Gasteiger charge is 2.09. The largest absolute Gasteiger partial charge is 0.309 e. The normalized spacial score (nSPS) is 12.8. The third-order valence-corrected chi connectivity index (χ3v) is 5.55. The molecule has 2 aromatic rings. The van der Waals surface area contributed by atoms with Crippen molar-refractivity contribution in [2.24, 2.45) is 0 Å². The van der Waals surface area contributed by atoms with Crippen LogP contribution in [0.3, 0.4) is 0 Å². The molecule has 1 N–H and O–H groups in total. The molecule has 0 spiro atoms. The molecule has 1 unspecified atom stereocenters. The van der Waals surface area contributed by atoms with Gasteiger partial charge in [0.15, 0.2) is 0 Å². The van der Waals surface area contributed by atoms with E-state index in [0.29, 0.717) is 6.04 Å². The lowest BCUT2D eigenvalue weighted by Gasteiger charge is -2.18. The molecule has 0 fully saturated rings. The van der Waals surface area contributed by atoms with E-state index in [-0.39, 0.29) is 0 Å². The van der Waals surface area contributed by atoms with Crippen LogP contribution >= 0.6 is 27.3 Å². The van der Waals surface area contributed by atoms with E-state index in [1.54, 1.807) is 11.3 Å². The van der Waals surface area contributed by atoms with E-state index in [0.717, 1.165) is 26.1 Å². The van der Waals surface area contributed by atoms with Gasteiger partial charge in [-0.3, -0.25) is 0 Å². The van der Waals surface area contributed by atoms with Gasteiger partial charge in [-0.05, 0) is 66.4 Å². The fourth-order valence-corrected chi connectivity index (χ4v) is 4.10. The van der Waals surface area contributed by atoms with Crippen molar-refractivity contribution in [3.63, 3.8) is 0 Å². The quantitative estimate of drug-likeness (QED) is 0.682. The Bertz CT molecular complexity index is 527. The molecule has 1 heterocycles. The van der Waals surface area contributed by atoms with Crippen LogP contribution in [-0.4, -0.2) is 25.0 Å². The number of nitrogens with one attached hydrogen (secondary N) is 1. The molecule has 2 nitrogen and oxygen atoms in total. The molecular formula is C17H23BrN2S. The molecule has 0 aliphatic heterocycles. The summed E-state index contributed by atoms with van der Waals surface area (Å²) in [5.74, 6) is 0. The number of nitrogens with zero attached hydrogens (tertiary/aromatic N) is 1. The second-order valence-electron chi connectivity index (χ2n) is 5.39. The van der Waals surface area contributed by atoms with Crippen LogP contribution in [0.1, 0.15) is 29.8 Å². The Morgan fingerprint density at radius 2 is 2.00 bits per heavy atom. The van der Waals surface area contributed by atoms with Crippen molar-refractivity contribution in [3.05, 3.63) is 56.7 Å². The van der Waals surface area contributed by atoms with Gasteiger partial charge in [-0.2, -0.15) is 0 Å². The van der Waals surface area contributed by atoms with E-state index in [4.69, 9.17) is 0 Å². The zero-order valence-electron chi connectivity index (χ0n) is 12.7. The predicted molar refractivity (Wildman–Crippen MR) is 95.8 cm³/mol. The van der Waals surface area contributed by atoms with Crippen molar-refractivity contribution in [1.82, 2.24) is 10.2 Å². The SMILES string of the molecule is CC(NCCCN(C)Cc1ccccc1)c1sccc1Br. The highest BCUT2D eigenvalue weighted by Crippen LogP contribution is 2.28. The maximum Gasteiger partial charge on any atom is 0.0397 e. The summed E-state index contributed by atoms with van der Waals surface area (Å²) >= 11 is 5.40. The third-order valence-electron chi connectivity index (χ3n) is 3.50. The Morgan fingerprint density at radius 1 is 1.24 bits per heavy atom. The Kier molecular flexibility index (Phi) is 6.90. The Balaban J connectivity index is 1.64. The van der Waals surface area contributed by atoms with E-state index < -0.39 is 0 Å². The molecule has 114 valence electrons.